The molecule has 1 aromatic carbocycles. The first-order chi connectivity index (χ1) is 9.13. The number of amides is 1. The number of rotatable bonds is 4. The van der Waals surface area contributed by atoms with Crippen LogP contribution in [0.2, 0.25) is 0 Å². The van der Waals surface area contributed by atoms with Crippen molar-refractivity contribution in [3.8, 4) is 5.69 Å². The third-order valence-electron chi connectivity index (χ3n) is 3.24. The van der Waals surface area contributed by atoms with E-state index >= 15 is 0 Å². The Bertz CT molecular complexity index is 543. The van der Waals surface area contributed by atoms with Crippen molar-refractivity contribution in [1.29, 1.82) is 0 Å². The number of nitrogens with zero attached hydrogens (tertiary/aromatic N) is 3. The first-order valence-corrected chi connectivity index (χ1v) is 6.19. The summed E-state index contributed by atoms with van der Waals surface area (Å²) >= 11 is 0. The van der Waals surface area contributed by atoms with Crippen molar-refractivity contribution >= 4 is 30.7 Å². The largest absolute Gasteiger partial charge is 0.338 e. The smallest absolute Gasteiger partial charge is 0.253 e. The summed E-state index contributed by atoms with van der Waals surface area (Å²) in [6, 6.07) is 7.46. The molecule has 1 aromatic heterocycles. The molecule has 5 nitrogen and oxygen atoms in total. The predicted molar refractivity (Wildman–Crippen MR) is 88.7 cm³/mol. The molecular formula is C14H20Cl2N4O. The Morgan fingerprint density at radius 2 is 1.95 bits per heavy atom. The number of likely N-dealkylation sites (N-methyl/N-ethyl adjacent to an activating group) is 1. The number of carbonyl (C=O) groups is 1. The van der Waals surface area contributed by atoms with Gasteiger partial charge in [-0.25, -0.2) is 4.98 Å². The topological polar surface area (TPSA) is 64.2 Å². The van der Waals surface area contributed by atoms with Crippen LogP contribution in [-0.4, -0.2) is 40.0 Å². The number of hydrogen-bond acceptors (Lipinski definition) is 3. The van der Waals surface area contributed by atoms with Crippen LogP contribution in [0.1, 0.15) is 17.3 Å². The number of aromatic nitrogens is 2. The van der Waals surface area contributed by atoms with Crippen molar-refractivity contribution in [2.45, 2.75) is 13.0 Å². The highest BCUT2D eigenvalue weighted by Gasteiger charge is 2.16. The van der Waals surface area contributed by atoms with Crippen LogP contribution in [0, 0.1) is 0 Å². The molecule has 7 heteroatoms. The van der Waals surface area contributed by atoms with Crippen LogP contribution in [0.4, 0.5) is 0 Å². The van der Waals surface area contributed by atoms with Gasteiger partial charge in [0.15, 0.2) is 0 Å². The number of nitrogens with two attached hydrogens (primary N) is 1. The number of hydrogen-bond donors (Lipinski definition) is 1. The maximum Gasteiger partial charge on any atom is 0.253 e. The molecule has 2 aromatic rings. The highest BCUT2D eigenvalue weighted by Crippen LogP contribution is 2.11. The van der Waals surface area contributed by atoms with E-state index in [1.807, 2.05) is 42.0 Å². The molecule has 116 valence electrons. The third kappa shape index (κ3) is 4.46. The molecule has 2 N–H and O–H groups in total. The van der Waals surface area contributed by atoms with Crippen LogP contribution in [0.25, 0.3) is 5.69 Å². The van der Waals surface area contributed by atoms with E-state index in [1.54, 1.807) is 24.5 Å². The molecule has 0 aliphatic heterocycles. The van der Waals surface area contributed by atoms with Gasteiger partial charge in [-0.15, -0.1) is 24.8 Å². The van der Waals surface area contributed by atoms with Gasteiger partial charge in [0.1, 0.15) is 0 Å². The normalized spacial score (nSPS) is 11.0. The minimum Gasteiger partial charge on any atom is -0.338 e. The zero-order chi connectivity index (χ0) is 13.8. The minimum absolute atomic E-state index is 0. The lowest BCUT2D eigenvalue weighted by molar-refractivity contribution is 0.0748. The Balaban J connectivity index is 0.00000200. The number of carbonyl (C=O) groups excluding carboxylic acids is 1. The van der Waals surface area contributed by atoms with Gasteiger partial charge < -0.3 is 15.2 Å². The van der Waals surface area contributed by atoms with Crippen molar-refractivity contribution < 1.29 is 4.79 Å². The van der Waals surface area contributed by atoms with Gasteiger partial charge >= 0.3 is 0 Å². The van der Waals surface area contributed by atoms with Gasteiger partial charge in [0.2, 0.25) is 0 Å². The number of halogens is 2. The quantitative estimate of drug-likeness (QED) is 0.933. The second kappa shape index (κ2) is 8.67. The zero-order valence-corrected chi connectivity index (χ0v) is 13.6. The molecule has 1 unspecified atom stereocenters. The van der Waals surface area contributed by atoms with Gasteiger partial charge in [0.05, 0.1) is 6.33 Å². The summed E-state index contributed by atoms with van der Waals surface area (Å²) in [4.78, 5) is 17.8. The Morgan fingerprint density at radius 1 is 1.33 bits per heavy atom. The van der Waals surface area contributed by atoms with Crippen LogP contribution in [0.3, 0.4) is 0 Å². The van der Waals surface area contributed by atoms with Crippen molar-refractivity contribution in [3.05, 3.63) is 48.5 Å². The fraction of sp³-hybridized carbons (Fsp3) is 0.286. The van der Waals surface area contributed by atoms with Crippen molar-refractivity contribution in [3.63, 3.8) is 0 Å². The highest BCUT2D eigenvalue weighted by atomic mass is 35.5. The van der Waals surface area contributed by atoms with Crippen LogP contribution in [0.15, 0.2) is 43.0 Å². The molecular weight excluding hydrogens is 311 g/mol. The zero-order valence-electron chi connectivity index (χ0n) is 12.0. The average Bonchev–Trinajstić information content (AvgIpc) is 2.99. The Kier molecular flexibility index (Phi) is 8.02. The molecule has 2 rings (SSSR count). The molecule has 0 radical (unpaired) electrons. The first-order valence-electron chi connectivity index (χ1n) is 6.19. The molecule has 1 heterocycles. The van der Waals surface area contributed by atoms with Crippen molar-refractivity contribution in [1.82, 2.24) is 14.5 Å². The number of imidazole rings is 1. The lowest BCUT2D eigenvalue weighted by atomic mass is 10.1. The predicted octanol–water partition coefficient (Wildman–Crippen LogP) is 2.14. The molecule has 0 spiro atoms. The average molecular weight is 331 g/mol. The van der Waals surface area contributed by atoms with E-state index in [0.717, 1.165) is 5.69 Å². The maximum atomic E-state index is 12.2. The van der Waals surface area contributed by atoms with Crippen LogP contribution < -0.4 is 5.73 Å². The second-order valence-electron chi connectivity index (χ2n) is 4.52. The first kappa shape index (κ1) is 19.4. The Morgan fingerprint density at radius 3 is 2.43 bits per heavy atom. The van der Waals surface area contributed by atoms with Crippen LogP contribution in [0.5, 0.6) is 0 Å². The van der Waals surface area contributed by atoms with Crippen LogP contribution >= 0.6 is 24.8 Å². The summed E-state index contributed by atoms with van der Waals surface area (Å²) in [7, 11) is 1.77. The second-order valence-corrected chi connectivity index (χ2v) is 4.52. The lowest BCUT2D eigenvalue weighted by Crippen LogP contribution is -2.39. The summed E-state index contributed by atoms with van der Waals surface area (Å²) in [5.74, 6) is -0.0184. The van der Waals surface area contributed by atoms with E-state index < -0.39 is 0 Å². The molecule has 1 atom stereocenters. The van der Waals surface area contributed by atoms with Crippen LogP contribution in [-0.2, 0) is 0 Å². The van der Waals surface area contributed by atoms with E-state index in [0.29, 0.717) is 12.1 Å². The SMILES string of the molecule is CC(CN)N(C)C(=O)c1ccc(-n2ccnc2)cc1.Cl.Cl. The van der Waals surface area contributed by atoms with E-state index in [-0.39, 0.29) is 36.8 Å². The fourth-order valence-corrected chi connectivity index (χ4v) is 1.75. The van der Waals surface area contributed by atoms with E-state index in [9.17, 15) is 4.79 Å². The van der Waals surface area contributed by atoms with Gasteiger partial charge in [0, 0.05) is 43.3 Å². The summed E-state index contributed by atoms with van der Waals surface area (Å²) in [6.45, 7) is 2.38. The fourth-order valence-electron chi connectivity index (χ4n) is 1.75. The van der Waals surface area contributed by atoms with Gasteiger partial charge in [-0.3, -0.25) is 4.79 Å². The molecule has 1 amide bonds. The molecule has 0 saturated heterocycles. The minimum atomic E-state index is -0.0184. The lowest BCUT2D eigenvalue weighted by Gasteiger charge is -2.23. The molecule has 0 aliphatic carbocycles. The summed E-state index contributed by atoms with van der Waals surface area (Å²) in [6.07, 6.45) is 5.30. The Labute approximate surface area is 137 Å². The van der Waals surface area contributed by atoms with Gasteiger partial charge in [-0.1, -0.05) is 0 Å². The Hall–Kier alpha value is -1.56. The summed E-state index contributed by atoms with van der Waals surface area (Å²) < 4.78 is 1.89. The molecule has 0 aliphatic rings. The van der Waals surface area contributed by atoms with E-state index in [4.69, 9.17) is 5.73 Å². The monoisotopic (exact) mass is 330 g/mol. The number of benzene rings is 1. The molecule has 0 saturated carbocycles. The molecule has 0 fully saturated rings. The van der Waals surface area contributed by atoms with Crippen molar-refractivity contribution in [2.75, 3.05) is 13.6 Å². The van der Waals surface area contributed by atoms with Gasteiger partial charge in [-0.2, -0.15) is 0 Å². The third-order valence-corrected chi connectivity index (χ3v) is 3.24. The van der Waals surface area contributed by atoms with Crippen molar-refractivity contribution in [2.24, 2.45) is 5.73 Å². The maximum absolute atomic E-state index is 12.2. The van der Waals surface area contributed by atoms with E-state index in [2.05, 4.69) is 4.98 Å². The van der Waals surface area contributed by atoms with Gasteiger partial charge in [0.25, 0.3) is 5.91 Å². The van der Waals surface area contributed by atoms with Gasteiger partial charge in [-0.05, 0) is 31.2 Å². The summed E-state index contributed by atoms with van der Waals surface area (Å²) in [5, 5.41) is 0. The highest BCUT2D eigenvalue weighted by molar-refractivity contribution is 5.94. The summed E-state index contributed by atoms with van der Waals surface area (Å²) in [5.41, 5.74) is 7.21. The molecule has 21 heavy (non-hydrogen) atoms. The molecule has 0 bridgehead atoms. The standard InChI is InChI=1S/C14H18N4O.2ClH/c1-11(9-15)17(2)14(19)12-3-5-13(6-4-12)18-8-7-16-10-18;;/h3-8,10-11H,9,15H2,1-2H3;2*1H. The van der Waals surface area contributed by atoms with E-state index in [1.165, 1.54) is 0 Å².